The van der Waals surface area contributed by atoms with Crippen LogP contribution in [0, 0.1) is 0 Å². The monoisotopic (exact) mass is 496 g/mol. The molecule has 0 radical (unpaired) electrons. The fourth-order valence-electron chi connectivity index (χ4n) is 7.04. The van der Waals surface area contributed by atoms with E-state index in [1.54, 1.807) is 0 Å². The molecular weight excluding hydrogens is 468 g/mol. The molecule has 5 aromatic carbocycles. The third-order valence-corrected chi connectivity index (χ3v) is 8.77. The topological polar surface area (TPSA) is 0 Å². The van der Waals surface area contributed by atoms with Crippen LogP contribution < -0.4 is 0 Å². The minimum Gasteiger partial charge on any atom is -0.0720 e. The molecule has 3 unspecified atom stereocenters. The number of fused-ring (bicyclic) bond motifs is 3. The van der Waals surface area contributed by atoms with E-state index in [9.17, 15) is 0 Å². The molecule has 3 atom stereocenters. The first-order chi connectivity index (χ1) is 19.4. The third-order valence-electron chi connectivity index (χ3n) is 8.77. The van der Waals surface area contributed by atoms with Gasteiger partial charge in [0.05, 0.1) is 0 Å². The molecule has 184 valence electrons. The maximum absolute atomic E-state index is 2.42. The van der Waals surface area contributed by atoms with Crippen molar-refractivity contribution >= 4 is 23.8 Å². The zero-order valence-electron chi connectivity index (χ0n) is 21.7. The van der Waals surface area contributed by atoms with Crippen molar-refractivity contribution in [2.45, 2.75) is 17.8 Å². The Morgan fingerprint density at radius 3 is 1.67 bits per heavy atom. The quantitative estimate of drug-likeness (QED) is 0.232. The van der Waals surface area contributed by atoms with E-state index in [0.29, 0.717) is 0 Å². The zero-order chi connectivity index (χ0) is 25.8. The van der Waals surface area contributed by atoms with Crippen molar-refractivity contribution in [3.63, 3.8) is 0 Å². The van der Waals surface area contributed by atoms with Gasteiger partial charge < -0.3 is 0 Å². The number of benzene rings is 5. The van der Waals surface area contributed by atoms with Gasteiger partial charge in [-0.15, -0.1) is 0 Å². The Hall–Kier alpha value is -4.68. The highest BCUT2D eigenvalue weighted by atomic mass is 14.4. The second kappa shape index (κ2) is 8.96. The lowest BCUT2D eigenvalue weighted by Crippen LogP contribution is -2.13. The van der Waals surface area contributed by atoms with Crippen LogP contribution in [0.2, 0.25) is 0 Å². The van der Waals surface area contributed by atoms with Crippen molar-refractivity contribution in [3.8, 4) is 0 Å². The Bertz CT molecular complexity index is 1810. The van der Waals surface area contributed by atoms with Gasteiger partial charge in [0.15, 0.2) is 0 Å². The Labute approximate surface area is 230 Å². The summed E-state index contributed by atoms with van der Waals surface area (Å²) in [7, 11) is 0. The van der Waals surface area contributed by atoms with Gasteiger partial charge in [-0.05, 0) is 67.3 Å². The minimum atomic E-state index is 0.181. The lowest BCUT2D eigenvalue weighted by molar-refractivity contribution is 0.909. The van der Waals surface area contributed by atoms with E-state index < -0.39 is 0 Å². The molecule has 0 heteroatoms. The van der Waals surface area contributed by atoms with E-state index in [-0.39, 0.29) is 17.8 Å². The highest BCUT2D eigenvalue weighted by molar-refractivity contribution is 5.94. The molecule has 5 aromatic rings. The largest absolute Gasteiger partial charge is 0.0720 e. The summed E-state index contributed by atoms with van der Waals surface area (Å²) in [6, 6.07) is 44.7. The van der Waals surface area contributed by atoms with Crippen LogP contribution in [0.3, 0.4) is 0 Å². The first kappa shape index (κ1) is 22.3. The van der Waals surface area contributed by atoms with E-state index >= 15 is 0 Å². The molecule has 0 amide bonds. The molecule has 0 N–H and O–H groups in total. The van der Waals surface area contributed by atoms with Crippen LogP contribution in [0.1, 0.15) is 73.4 Å². The maximum atomic E-state index is 2.42. The fraction of sp³-hybridized carbons (Fsp3) is 0.0769. The number of allylic oxidation sites excluding steroid dienone is 3. The molecule has 3 aliphatic rings. The van der Waals surface area contributed by atoms with Crippen molar-refractivity contribution in [2.75, 3.05) is 0 Å². The minimum absolute atomic E-state index is 0.181. The average Bonchev–Trinajstić information content (AvgIpc) is 3.72. The van der Waals surface area contributed by atoms with Gasteiger partial charge in [-0.1, -0.05) is 146 Å². The third kappa shape index (κ3) is 3.52. The first-order valence-electron chi connectivity index (χ1n) is 13.9. The van der Waals surface area contributed by atoms with Crippen LogP contribution in [0.25, 0.3) is 23.8 Å². The molecule has 8 rings (SSSR count). The average molecular weight is 497 g/mol. The van der Waals surface area contributed by atoms with Gasteiger partial charge >= 0.3 is 0 Å². The van der Waals surface area contributed by atoms with Gasteiger partial charge in [0.2, 0.25) is 0 Å². The predicted molar refractivity (Wildman–Crippen MR) is 164 cm³/mol. The molecule has 0 nitrogen and oxygen atoms in total. The van der Waals surface area contributed by atoms with Crippen LogP contribution in [-0.4, -0.2) is 0 Å². The summed E-state index contributed by atoms with van der Waals surface area (Å²) in [6.45, 7) is 0. The van der Waals surface area contributed by atoms with Gasteiger partial charge in [-0.25, -0.2) is 0 Å². The smallest absolute Gasteiger partial charge is 0.0355 e. The fourth-order valence-corrected chi connectivity index (χ4v) is 7.04. The molecule has 0 aliphatic heterocycles. The van der Waals surface area contributed by atoms with Gasteiger partial charge in [0, 0.05) is 17.8 Å². The number of hydrogen-bond acceptors (Lipinski definition) is 0. The molecular formula is C39H28. The summed E-state index contributed by atoms with van der Waals surface area (Å²) in [6.07, 6.45) is 11.8. The molecule has 0 spiro atoms. The lowest BCUT2D eigenvalue weighted by Gasteiger charge is -2.28. The molecule has 39 heavy (non-hydrogen) atoms. The van der Waals surface area contributed by atoms with E-state index in [1.165, 1.54) is 61.2 Å². The summed E-state index contributed by atoms with van der Waals surface area (Å²) in [5, 5.41) is 0. The van der Waals surface area contributed by atoms with Crippen LogP contribution in [0.4, 0.5) is 0 Å². The predicted octanol–water partition coefficient (Wildman–Crippen LogP) is 9.69. The van der Waals surface area contributed by atoms with Gasteiger partial charge in [-0.2, -0.15) is 0 Å². The number of hydrogen-bond donors (Lipinski definition) is 0. The summed E-state index contributed by atoms with van der Waals surface area (Å²) in [4.78, 5) is 0. The maximum Gasteiger partial charge on any atom is 0.0355 e. The zero-order valence-corrected chi connectivity index (χ0v) is 21.7. The number of rotatable bonds is 4. The van der Waals surface area contributed by atoms with E-state index in [1.807, 2.05) is 0 Å². The second-order valence-electron chi connectivity index (χ2n) is 10.8. The standard InChI is InChI=1S/C39H28/c1-2-11-26(12-3-1)37-25-29-15-6-9-18-32(29)38(37)36-20-10-19-34(33-23-21-27-13-4-7-16-30(27)33)39(36)35-24-22-28-14-5-8-17-31(28)35/h1-25,33,35,38H. The molecule has 0 aromatic heterocycles. The Kier molecular flexibility index (Phi) is 5.13. The molecule has 0 heterocycles. The second-order valence-corrected chi connectivity index (χ2v) is 10.8. The molecule has 3 aliphatic carbocycles. The summed E-state index contributed by atoms with van der Waals surface area (Å²) in [5.74, 6) is 0.650. The normalized spacial score (nSPS) is 20.0. The summed E-state index contributed by atoms with van der Waals surface area (Å²) >= 11 is 0. The van der Waals surface area contributed by atoms with Crippen LogP contribution in [0.5, 0.6) is 0 Å². The van der Waals surface area contributed by atoms with Crippen molar-refractivity contribution in [1.82, 2.24) is 0 Å². The Balaban J connectivity index is 1.39. The van der Waals surface area contributed by atoms with Gasteiger partial charge in [-0.3, -0.25) is 0 Å². The van der Waals surface area contributed by atoms with Crippen molar-refractivity contribution < 1.29 is 0 Å². The highest BCUT2D eigenvalue weighted by Gasteiger charge is 2.35. The van der Waals surface area contributed by atoms with E-state index in [4.69, 9.17) is 0 Å². The van der Waals surface area contributed by atoms with Crippen molar-refractivity contribution in [2.24, 2.45) is 0 Å². The van der Waals surface area contributed by atoms with Gasteiger partial charge in [0.1, 0.15) is 0 Å². The molecule has 0 saturated heterocycles. The van der Waals surface area contributed by atoms with Gasteiger partial charge in [0.25, 0.3) is 0 Å². The summed E-state index contributed by atoms with van der Waals surface area (Å²) in [5.41, 5.74) is 15.1. The Morgan fingerprint density at radius 1 is 0.385 bits per heavy atom. The first-order valence-corrected chi connectivity index (χ1v) is 13.9. The van der Waals surface area contributed by atoms with Crippen molar-refractivity contribution in [3.05, 3.63) is 189 Å². The molecule has 0 fully saturated rings. The van der Waals surface area contributed by atoms with E-state index in [0.717, 1.165) is 0 Å². The SMILES string of the molecule is C1=CC(c2cccc(C3C(c4ccccc4)=Cc4ccccc43)c2C2C=Cc3ccccc32)c2ccccc21. The highest BCUT2D eigenvalue weighted by Crippen LogP contribution is 2.52. The van der Waals surface area contributed by atoms with E-state index in [2.05, 4.69) is 152 Å². The van der Waals surface area contributed by atoms with Crippen LogP contribution >= 0.6 is 0 Å². The summed E-state index contributed by atoms with van der Waals surface area (Å²) < 4.78 is 0. The Morgan fingerprint density at radius 2 is 0.923 bits per heavy atom. The van der Waals surface area contributed by atoms with Crippen molar-refractivity contribution in [1.29, 1.82) is 0 Å². The molecule has 0 saturated carbocycles. The van der Waals surface area contributed by atoms with Crippen LogP contribution in [0.15, 0.2) is 133 Å². The lowest BCUT2D eigenvalue weighted by atomic mass is 9.74. The van der Waals surface area contributed by atoms with Crippen LogP contribution in [-0.2, 0) is 0 Å². The molecule has 0 bridgehead atoms.